The molecule has 0 atom stereocenters. The average molecular weight is 358 g/mol. The maximum absolute atomic E-state index is 12.0. The van der Waals surface area contributed by atoms with E-state index < -0.39 is 11.9 Å². The molecule has 0 saturated heterocycles. The van der Waals surface area contributed by atoms with E-state index in [2.05, 4.69) is 5.32 Å². The molecule has 26 heavy (non-hydrogen) atoms. The van der Waals surface area contributed by atoms with Crippen molar-refractivity contribution < 1.29 is 23.8 Å². The largest absolute Gasteiger partial charge is 0.493 e. The first-order chi connectivity index (χ1) is 12.4. The van der Waals surface area contributed by atoms with E-state index in [1.54, 1.807) is 32.0 Å². The first-order valence-corrected chi connectivity index (χ1v) is 7.85. The Morgan fingerprint density at radius 1 is 1.23 bits per heavy atom. The van der Waals surface area contributed by atoms with Crippen molar-refractivity contribution in [3.63, 3.8) is 0 Å². The number of allylic oxidation sites excluding steroid dienone is 1. The monoisotopic (exact) mass is 358 g/mol. The third kappa shape index (κ3) is 6.79. The van der Waals surface area contributed by atoms with Crippen LogP contribution in [0.3, 0.4) is 0 Å². The van der Waals surface area contributed by atoms with Crippen molar-refractivity contribution in [2.24, 2.45) is 0 Å². The number of nitrogens with one attached hydrogen (secondary N) is 1. The summed E-state index contributed by atoms with van der Waals surface area (Å²) in [5.41, 5.74) is 1.31. The van der Waals surface area contributed by atoms with Gasteiger partial charge in [-0.15, -0.1) is 0 Å². The van der Waals surface area contributed by atoms with Crippen LogP contribution in [-0.2, 0) is 14.3 Å². The molecule has 0 fully saturated rings. The van der Waals surface area contributed by atoms with Crippen LogP contribution in [0.25, 0.3) is 6.08 Å². The van der Waals surface area contributed by atoms with Crippen LogP contribution >= 0.6 is 0 Å². The lowest BCUT2D eigenvalue weighted by Crippen LogP contribution is -2.27. The first kappa shape index (κ1) is 20.9. The van der Waals surface area contributed by atoms with Gasteiger partial charge in [0, 0.05) is 19.7 Å². The number of rotatable bonds is 8. The number of carbonyl (C=O) groups is 2. The van der Waals surface area contributed by atoms with Crippen LogP contribution in [0, 0.1) is 11.3 Å². The van der Waals surface area contributed by atoms with Gasteiger partial charge in [-0.3, -0.25) is 4.79 Å². The maximum atomic E-state index is 12.0. The Kier molecular flexibility index (Phi) is 8.61. The Morgan fingerprint density at radius 2 is 1.96 bits per heavy atom. The Hall–Kier alpha value is -3.11. The van der Waals surface area contributed by atoms with Crippen LogP contribution in [0.5, 0.6) is 11.5 Å². The molecular formula is C19H22N2O5. The van der Waals surface area contributed by atoms with Gasteiger partial charge in [0.05, 0.1) is 13.7 Å². The Balaban J connectivity index is 3.00. The number of ether oxygens (including phenoxy) is 3. The zero-order valence-electron chi connectivity index (χ0n) is 15.3. The summed E-state index contributed by atoms with van der Waals surface area (Å²) in [4.78, 5) is 23.7. The zero-order chi connectivity index (χ0) is 19.5. The summed E-state index contributed by atoms with van der Waals surface area (Å²) in [6, 6.07) is 6.59. The van der Waals surface area contributed by atoms with E-state index in [-0.39, 0.29) is 11.3 Å². The highest BCUT2D eigenvalue weighted by atomic mass is 16.6. The Bertz CT molecular complexity index is 756. The highest BCUT2D eigenvalue weighted by Gasteiger charge is 2.12. The normalized spacial score (nSPS) is 10.5. The van der Waals surface area contributed by atoms with E-state index in [9.17, 15) is 14.9 Å². The van der Waals surface area contributed by atoms with Crippen LogP contribution in [0.15, 0.2) is 35.4 Å². The van der Waals surface area contributed by atoms with E-state index in [0.717, 1.165) is 5.57 Å². The van der Waals surface area contributed by atoms with Crippen molar-refractivity contribution in [1.82, 2.24) is 5.32 Å². The predicted octanol–water partition coefficient (Wildman–Crippen LogP) is 2.24. The third-order valence-electron chi connectivity index (χ3n) is 3.07. The highest BCUT2D eigenvalue weighted by Crippen LogP contribution is 2.29. The van der Waals surface area contributed by atoms with Gasteiger partial charge in [0.15, 0.2) is 11.5 Å². The molecule has 1 amide bonds. The third-order valence-corrected chi connectivity index (χ3v) is 3.07. The van der Waals surface area contributed by atoms with Crippen molar-refractivity contribution in [1.29, 1.82) is 5.26 Å². The summed E-state index contributed by atoms with van der Waals surface area (Å²) < 4.78 is 15.3. The summed E-state index contributed by atoms with van der Waals surface area (Å²) in [7, 11) is 2.95. The fourth-order valence-electron chi connectivity index (χ4n) is 1.91. The molecule has 0 bridgehead atoms. The molecule has 0 aromatic heterocycles. The van der Waals surface area contributed by atoms with E-state index >= 15 is 0 Å². The molecule has 1 aromatic rings. The lowest BCUT2D eigenvalue weighted by atomic mass is 10.1. The maximum Gasteiger partial charge on any atom is 0.336 e. The predicted molar refractivity (Wildman–Crippen MR) is 96.5 cm³/mol. The molecule has 0 unspecified atom stereocenters. The van der Waals surface area contributed by atoms with Gasteiger partial charge in [0.25, 0.3) is 5.91 Å². The van der Waals surface area contributed by atoms with Crippen LogP contribution in [0.2, 0.25) is 0 Å². The fraction of sp³-hybridized carbons (Fsp3) is 0.316. The van der Waals surface area contributed by atoms with E-state index in [1.807, 2.05) is 6.07 Å². The van der Waals surface area contributed by atoms with Crippen LogP contribution in [0.4, 0.5) is 0 Å². The number of nitrogens with zero attached hydrogens (tertiary/aromatic N) is 1. The Labute approximate surface area is 152 Å². The molecule has 0 aliphatic heterocycles. The topological polar surface area (TPSA) is 97.6 Å². The van der Waals surface area contributed by atoms with Crippen molar-refractivity contribution in [3.05, 3.63) is 41.0 Å². The van der Waals surface area contributed by atoms with Crippen LogP contribution < -0.4 is 14.8 Å². The van der Waals surface area contributed by atoms with E-state index in [0.29, 0.717) is 24.5 Å². The lowest BCUT2D eigenvalue weighted by molar-refractivity contribution is -0.129. The van der Waals surface area contributed by atoms with Gasteiger partial charge in [-0.2, -0.15) is 5.26 Å². The van der Waals surface area contributed by atoms with Crippen molar-refractivity contribution in [3.8, 4) is 17.6 Å². The molecule has 0 aliphatic carbocycles. The van der Waals surface area contributed by atoms with Gasteiger partial charge >= 0.3 is 5.97 Å². The summed E-state index contributed by atoms with van der Waals surface area (Å²) >= 11 is 0. The molecule has 1 aromatic carbocycles. The van der Waals surface area contributed by atoms with Gasteiger partial charge in [0.1, 0.15) is 11.6 Å². The summed E-state index contributed by atoms with van der Waals surface area (Å²) in [5, 5.41) is 11.8. The molecule has 0 aliphatic rings. The lowest BCUT2D eigenvalue weighted by Gasteiger charge is -2.09. The van der Waals surface area contributed by atoms with Gasteiger partial charge in [-0.25, -0.2) is 4.79 Å². The number of nitriles is 1. The quantitative estimate of drug-likeness (QED) is 0.252. The van der Waals surface area contributed by atoms with Gasteiger partial charge in [-0.05, 0) is 37.6 Å². The summed E-state index contributed by atoms with van der Waals surface area (Å²) in [5.74, 6) is -0.453. The number of methoxy groups -OCH3 is 2. The zero-order valence-corrected chi connectivity index (χ0v) is 15.3. The Morgan fingerprint density at radius 3 is 2.54 bits per heavy atom. The molecule has 1 N–H and O–H groups in total. The number of carbonyl (C=O) groups excluding carboxylic acids is 2. The molecule has 0 saturated carbocycles. The molecule has 0 heterocycles. The van der Waals surface area contributed by atoms with Crippen molar-refractivity contribution in [2.75, 3.05) is 27.4 Å². The highest BCUT2D eigenvalue weighted by molar-refractivity contribution is 6.01. The molecule has 1 rings (SSSR count). The van der Waals surface area contributed by atoms with Crippen LogP contribution in [0.1, 0.15) is 19.4 Å². The van der Waals surface area contributed by atoms with E-state index in [4.69, 9.17) is 14.2 Å². The summed E-state index contributed by atoms with van der Waals surface area (Å²) in [6.45, 7) is 4.22. The van der Waals surface area contributed by atoms with Crippen molar-refractivity contribution in [2.45, 2.75) is 13.8 Å². The minimum Gasteiger partial charge on any atom is -0.493 e. The minimum absolute atomic E-state index is 0.0579. The van der Waals surface area contributed by atoms with Gasteiger partial charge in [-0.1, -0.05) is 11.6 Å². The standard InChI is InChI=1S/C19H22N2O5/c1-13(2)9-18(22)26-16-6-5-14(11-17(16)25-4)10-15(12-20)19(23)21-7-8-24-3/h5-6,9-11H,7-8H2,1-4H3,(H,21,23)/b15-10+. The second kappa shape index (κ2) is 10.7. The first-order valence-electron chi connectivity index (χ1n) is 7.85. The minimum atomic E-state index is -0.512. The smallest absolute Gasteiger partial charge is 0.336 e. The number of benzene rings is 1. The van der Waals surface area contributed by atoms with E-state index in [1.165, 1.54) is 26.4 Å². The number of amides is 1. The molecule has 7 nitrogen and oxygen atoms in total. The van der Waals surface area contributed by atoms with Crippen LogP contribution in [-0.4, -0.2) is 39.2 Å². The number of hydrogen-bond donors (Lipinski definition) is 1. The molecule has 0 radical (unpaired) electrons. The van der Waals surface area contributed by atoms with Gasteiger partial charge < -0.3 is 19.5 Å². The molecule has 138 valence electrons. The second-order valence-electron chi connectivity index (χ2n) is 5.47. The summed E-state index contributed by atoms with van der Waals surface area (Å²) in [6.07, 6.45) is 2.79. The number of esters is 1. The number of hydrogen-bond acceptors (Lipinski definition) is 6. The average Bonchev–Trinajstić information content (AvgIpc) is 2.60. The molecule has 0 spiro atoms. The molecular weight excluding hydrogens is 336 g/mol. The second-order valence-corrected chi connectivity index (χ2v) is 5.47. The fourth-order valence-corrected chi connectivity index (χ4v) is 1.91. The molecule has 7 heteroatoms. The SMILES string of the molecule is COCCNC(=O)/C(C#N)=C/c1ccc(OC(=O)C=C(C)C)c(OC)c1. The van der Waals surface area contributed by atoms with Crippen molar-refractivity contribution >= 4 is 18.0 Å². The van der Waals surface area contributed by atoms with Gasteiger partial charge in [0.2, 0.25) is 0 Å².